The second-order valence-corrected chi connectivity index (χ2v) is 12.3. The summed E-state index contributed by atoms with van der Waals surface area (Å²) in [6.45, 7) is 10.7. The van der Waals surface area contributed by atoms with Crippen molar-refractivity contribution in [2.75, 3.05) is 16.8 Å². The number of rotatable bonds is 7. The van der Waals surface area contributed by atoms with Gasteiger partial charge in [-0.2, -0.15) is 0 Å². The first kappa shape index (κ1) is 27.8. The summed E-state index contributed by atoms with van der Waals surface area (Å²) in [6.07, 6.45) is 3.87. The summed E-state index contributed by atoms with van der Waals surface area (Å²) < 4.78 is 2.17. The second kappa shape index (κ2) is 11.2. The Hall–Kier alpha value is -4.32. The van der Waals surface area contributed by atoms with Crippen molar-refractivity contribution < 1.29 is 9.59 Å². The number of hydrogen-bond donors (Lipinski definition) is 1. The van der Waals surface area contributed by atoms with Gasteiger partial charge >= 0.3 is 6.03 Å². The largest absolute Gasteiger partial charge is 0.322 e. The minimum absolute atomic E-state index is 0.00865. The highest BCUT2D eigenvalue weighted by molar-refractivity contribution is 6.02. The monoisotopic (exact) mass is 560 g/mol. The number of urea groups is 1. The Kier molecular flexibility index (Phi) is 7.40. The summed E-state index contributed by atoms with van der Waals surface area (Å²) >= 11 is 0. The molecule has 6 rings (SSSR count). The topological polar surface area (TPSA) is 57.6 Å². The molecular formula is C36H40N4O2. The van der Waals surface area contributed by atoms with Crippen molar-refractivity contribution in [3.05, 3.63) is 113 Å². The van der Waals surface area contributed by atoms with E-state index in [1.165, 1.54) is 0 Å². The van der Waals surface area contributed by atoms with Crippen molar-refractivity contribution >= 4 is 23.3 Å². The third-order valence-corrected chi connectivity index (χ3v) is 8.50. The maximum Gasteiger partial charge on any atom is 0.322 e. The van der Waals surface area contributed by atoms with E-state index in [9.17, 15) is 9.59 Å². The Morgan fingerprint density at radius 3 is 2.17 bits per heavy atom. The number of nitrogens with one attached hydrogen (secondary N) is 1. The summed E-state index contributed by atoms with van der Waals surface area (Å²) in [5, 5.41) is 3.26. The molecular weight excluding hydrogens is 520 g/mol. The van der Waals surface area contributed by atoms with Gasteiger partial charge in [-0.25, -0.2) is 4.79 Å². The number of benzene rings is 3. The molecule has 216 valence electrons. The van der Waals surface area contributed by atoms with Crippen LogP contribution < -0.4 is 10.2 Å². The van der Waals surface area contributed by atoms with E-state index in [0.717, 1.165) is 57.9 Å². The van der Waals surface area contributed by atoms with Crippen LogP contribution in [0.25, 0.3) is 5.69 Å². The van der Waals surface area contributed by atoms with E-state index in [1.54, 1.807) is 4.90 Å². The lowest BCUT2D eigenvalue weighted by molar-refractivity contribution is -0.119. The highest BCUT2D eigenvalue weighted by Crippen LogP contribution is 2.43. The summed E-state index contributed by atoms with van der Waals surface area (Å²) in [6, 6.07) is 26.3. The van der Waals surface area contributed by atoms with E-state index in [1.807, 2.05) is 41.3 Å². The Bertz CT molecular complexity index is 1600. The SMILES string of the molecule is Cc1cccc(C2c3cccn3-c3ccccc3N2C(=O)CN(C(=O)Nc2c(C(C)C)cccc2C(C)C)C2CC2)c1. The van der Waals surface area contributed by atoms with E-state index < -0.39 is 0 Å². The summed E-state index contributed by atoms with van der Waals surface area (Å²) in [5.74, 6) is 0.419. The summed E-state index contributed by atoms with van der Waals surface area (Å²) in [4.78, 5) is 32.2. The lowest BCUT2D eigenvalue weighted by Crippen LogP contribution is -2.48. The fourth-order valence-electron chi connectivity index (χ4n) is 6.27. The maximum atomic E-state index is 14.5. The number of anilines is 2. The zero-order chi connectivity index (χ0) is 29.5. The Morgan fingerprint density at radius 2 is 1.52 bits per heavy atom. The van der Waals surface area contributed by atoms with Crippen LogP contribution in [-0.4, -0.2) is 34.0 Å². The predicted octanol–water partition coefficient (Wildman–Crippen LogP) is 8.17. The van der Waals surface area contributed by atoms with Crippen molar-refractivity contribution in [3.63, 3.8) is 0 Å². The molecule has 0 saturated heterocycles. The Labute approximate surface area is 249 Å². The molecule has 4 aromatic rings. The van der Waals surface area contributed by atoms with Crippen LogP contribution in [0, 0.1) is 6.92 Å². The van der Waals surface area contributed by atoms with Gasteiger partial charge in [0.2, 0.25) is 5.91 Å². The lowest BCUT2D eigenvalue weighted by Gasteiger charge is -2.39. The maximum absolute atomic E-state index is 14.5. The van der Waals surface area contributed by atoms with Crippen molar-refractivity contribution in [2.24, 2.45) is 0 Å². The number of aryl methyl sites for hydroxylation is 1. The van der Waals surface area contributed by atoms with Crippen molar-refractivity contribution in [3.8, 4) is 5.69 Å². The van der Waals surface area contributed by atoms with Crippen molar-refractivity contribution in [2.45, 2.75) is 71.4 Å². The van der Waals surface area contributed by atoms with Crippen molar-refractivity contribution in [1.82, 2.24) is 9.47 Å². The number of carbonyl (C=O) groups excluding carboxylic acids is 2. The van der Waals surface area contributed by atoms with Crippen LogP contribution in [0.3, 0.4) is 0 Å². The molecule has 6 nitrogen and oxygen atoms in total. The molecule has 1 aliphatic carbocycles. The minimum Gasteiger partial charge on any atom is -0.316 e. The molecule has 42 heavy (non-hydrogen) atoms. The number of para-hydroxylation sites is 3. The van der Waals surface area contributed by atoms with Gasteiger partial charge in [0, 0.05) is 17.9 Å². The van der Waals surface area contributed by atoms with Crippen LogP contribution in [0.4, 0.5) is 16.2 Å². The molecule has 1 aromatic heterocycles. The Morgan fingerprint density at radius 1 is 0.857 bits per heavy atom. The molecule has 0 spiro atoms. The molecule has 1 N–H and O–H groups in total. The molecule has 0 bridgehead atoms. The Balaban J connectivity index is 1.36. The van der Waals surface area contributed by atoms with Crippen LogP contribution >= 0.6 is 0 Å². The number of aromatic nitrogens is 1. The molecule has 1 aliphatic heterocycles. The average Bonchev–Trinajstić information content (AvgIpc) is 3.69. The van der Waals surface area contributed by atoms with E-state index in [0.29, 0.717) is 0 Å². The van der Waals surface area contributed by atoms with Gasteiger partial charge in [-0.1, -0.05) is 87.9 Å². The van der Waals surface area contributed by atoms with Crippen LogP contribution in [-0.2, 0) is 4.79 Å². The molecule has 1 atom stereocenters. The molecule has 0 radical (unpaired) electrons. The fraction of sp³-hybridized carbons (Fsp3) is 0.333. The first-order chi connectivity index (χ1) is 20.2. The van der Waals surface area contributed by atoms with Gasteiger partial charge in [0.05, 0.1) is 17.1 Å². The predicted molar refractivity (Wildman–Crippen MR) is 170 cm³/mol. The molecule has 1 unspecified atom stereocenters. The standard InChI is InChI=1S/C36H40N4O2/c1-23(2)28-13-9-14-29(24(3)4)34(28)37-36(42)39(27-18-19-27)22-33(41)40-31-16-7-6-15-30(31)38-20-10-17-32(38)35(40)26-12-8-11-25(5)21-26/h6-17,20-21,23-24,27,35H,18-19,22H2,1-5H3,(H,37,42). The van der Waals surface area contributed by atoms with Gasteiger partial charge in [0.25, 0.3) is 0 Å². The molecule has 3 amide bonds. The first-order valence-electron chi connectivity index (χ1n) is 15.1. The van der Waals surface area contributed by atoms with Gasteiger partial charge in [-0.15, -0.1) is 0 Å². The zero-order valence-electron chi connectivity index (χ0n) is 25.2. The van der Waals surface area contributed by atoms with Crippen molar-refractivity contribution in [1.29, 1.82) is 0 Å². The zero-order valence-corrected chi connectivity index (χ0v) is 25.2. The molecule has 2 aliphatic rings. The smallest absolute Gasteiger partial charge is 0.316 e. The number of nitrogens with zero attached hydrogens (tertiary/aromatic N) is 3. The third kappa shape index (κ3) is 5.11. The van der Waals surface area contributed by atoms with Gasteiger partial charge < -0.3 is 14.8 Å². The summed E-state index contributed by atoms with van der Waals surface area (Å²) in [5.41, 5.74) is 8.13. The molecule has 3 aromatic carbocycles. The number of fused-ring (bicyclic) bond motifs is 3. The minimum atomic E-state index is -0.305. The third-order valence-electron chi connectivity index (χ3n) is 8.50. The average molecular weight is 561 g/mol. The quantitative estimate of drug-likeness (QED) is 0.248. The number of carbonyl (C=O) groups is 2. The van der Waals surface area contributed by atoms with Crippen LogP contribution in [0.1, 0.15) is 86.4 Å². The van der Waals surface area contributed by atoms with Crippen LogP contribution in [0.5, 0.6) is 0 Å². The van der Waals surface area contributed by atoms with Gasteiger partial charge in [0.1, 0.15) is 12.6 Å². The highest BCUT2D eigenvalue weighted by atomic mass is 16.2. The van der Waals surface area contributed by atoms with E-state index in [-0.39, 0.29) is 42.4 Å². The van der Waals surface area contributed by atoms with Crippen LogP contribution in [0.2, 0.25) is 0 Å². The fourth-order valence-corrected chi connectivity index (χ4v) is 6.27. The van der Waals surface area contributed by atoms with Gasteiger partial charge in [0.15, 0.2) is 0 Å². The first-order valence-corrected chi connectivity index (χ1v) is 15.1. The van der Waals surface area contributed by atoms with Gasteiger partial charge in [-0.3, -0.25) is 9.69 Å². The molecule has 6 heteroatoms. The highest BCUT2D eigenvalue weighted by Gasteiger charge is 2.40. The van der Waals surface area contributed by atoms with E-state index in [4.69, 9.17) is 0 Å². The molecule has 2 heterocycles. The van der Waals surface area contributed by atoms with Crippen LogP contribution in [0.15, 0.2) is 85.1 Å². The van der Waals surface area contributed by atoms with E-state index >= 15 is 0 Å². The number of hydrogen-bond acceptors (Lipinski definition) is 2. The van der Waals surface area contributed by atoms with E-state index in [2.05, 4.69) is 93.2 Å². The molecule has 1 saturated carbocycles. The normalized spacial score (nSPS) is 15.9. The lowest BCUT2D eigenvalue weighted by atomic mass is 9.93. The van der Waals surface area contributed by atoms with Gasteiger partial charge in [-0.05, 0) is 72.6 Å². The molecule has 1 fully saturated rings. The second-order valence-electron chi connectivity index (χ2n) is 12.3. The summed E-state index contributed by atoms with van der Waals surface area (Å²) in [7, 11) is 0. The number of amides is 3.